The van der Waals surface area contributed by atoms with E-state index in [0.29, 0.717) is 5.92 Å². The summed E-state index contributed by atoms with van der Waals surface area (Å²) in [7, 11) is 0. The average Bonchev–Trinajstić information content (AvgIpc) is 2.06. The van der Waals surface area contributed by atoms with E-state index in [1.807, 2.05) is 0 Å². The maximum Gasteiger partial charge on any atom is 0.0655 e. The molecule has 62 valence electrons. The SMILES string of the molecule is CCCC1CCC[C@@H](C#N)C1. The van der Waals surface area contributed by atoms with Gasteiger partial charge in [-0.05, 0) is 18.8 Å². The van der Waals surface area contributed by atoms with E-state index < -0.39 is 0 Å². The van der Waals surface area contributed by atoms with E-state index in [1.165, 1.54) is 32.1 Å². The van der Waals surface area contributed by atoms with Crippen molar-refractivity contribution in [3.63, 3.8) is 0 Å². The summed E-state index contributed by atoms with van der Waals surface area (Å²) < 4.78 is 0. The maximum atomic E-state index is 8.73. The van der Waals surface area contributed by atoms with Crippen LogP contribution in [0.1, 0.15) is 45.4 Å². The second-order valence-electron chi connectivity index (χ2n) is 3.65. The van der Waals surface area contributed by atoms with E-state index in [0.717, 1.165) is 12.3 Å². The van der Waals surface area contributed by atoms with Gasteiger partial charge in [-0.2, -0.15) is 5.26 Å². The molecule has 0 heterocycles. The van der Waals surface area contributed by atoms with Gasteiger partial charge in [-0.15, -0.1) is 0 Å². The van der Waals surface area contributed by atoms with Crippen LogP contribution in [0.5, 0.6) is 0 Å². The Morgan fingerprint density at radius 1 is 1.45 bits per heavy atom. The lowest BCUT2D eigenvalue weighted by atomic mass is 9.80. The van der Waals surface area contributed by atoms with E-state index in [4.69, 9.17) is 5.26 Å². The van der Waals surface area contributed by atoms with Crippen LogP contribution in [0, 0.1) is 23.2 Å². The number of hydrogen-bond donors (Lipinski definition) is 0. The predicted octanol–water partition coefficient (Wildman–Crippen LogP) is 3.12. The molecule has 2 atom stereocenters. The summed E-state index contributed by atoms with van der Waals surface area (Å²) in [5.74, 6) is 1.23. The summed E-state index contributed by atoms with van der Waals surface area (Å²) in [5, 5.41) is 8.73. The fourth-order valence-electron chi connectivity index (χ4n) is 2.08. The van der Waals surface area contributed by atoms with E-state index in [-0.39, 0.29) is 0 Å². The van der Waals surface area contributed by atoms with Crippen molar-refractivity contribution in [3.8, 4) is 6.07 Å². The molecule has 0 aromatic carbocycles. The Morgan fingerprint density at radius 2 is 2.27 bits per heavy atom. The van der Waals surface area contributed by atoms with Gasteiger partial charge in [0.15, 0.2) is 0 Å². The minimum atomic E-state index is 0.375. The quantitative estimate of drug-likeness (QED) is 0.595. The molecule has 11 heavy (non-hydrogen) atoms. The van der Waals surface area contributed by atoms with Crippen LogP contribution in [0.25, 0.3) is 0 Å². The molecular weight excluding hydrogens is 134 g/mol. The molecule has 1 saturated carbocycles. The van der Waals surface area contributed by atoms with E-state index in [1.54, 1.807) is 0 Å². The number of hydrogen-bond acceptors (Lipinski definition) is 1. The number of rotatable bonds is 2. The van der Waals surface area contributed by atoms with Gasteiger partial charge in [-0.25, -0.2) is 0 Å². The molecule has 0 bridgehead atoms. The molecule has 0 aliphatic heterocycles. The molecule has 0 aromatic heterocycles. The Labute approximate surface area is 69.4 Å². The fourth-order valence-corrected chi connectivity index (χ4v) is 2.08. The first-order valence-corrected chi connectivity index (χ1v) is 4.76. The van der Waals surface area contributed by atoms with Crippen LogP contribution in [0.4, 0.5) is 0 Å². The van der Waals surface area contributed by atoms with Crippen molar-refractivity contribution in [1.29, 1.82) is 5.26 Å². The smallest absolute Gasteiger partial charge is 0.0655 e. The second-order valence-corrected chi connectivity index (χ2v) is 3.65. The molecule has 1 aliphatic carbocycles. The topological polar surface area (TPSA) is 23.8 Å². The van der Waals surface area contributed by atoms with Gasteiger partial charge in [0.1, 0.15) is 0 Å². The summed E-state index contributed by atoms with van der Waals surface area (Å²) in [6.07, 6.45) is 7.58. The van der Waals surface area contributed by atoms with Gasteiger partial charge in [0.25, 0.3) is 0 Å². The van der Waals surface area contributed by atoms with E-state index in [2.05, 4.69) is 13.0 Å². The van der Waals surface area contributed by atoms with Crippen molar-refractivity contribution >= 4 is 0 Å². The molecule has 1 fully saturated rings. The zero-order chi connectivity index (χ0) is 8.10. The Hall–Kier alpha value is -0.510. The fraction of sp³-hybridized carbons (Fsp3) is 0.900. The van der Waals surface area contributed by atoms with Crippen LogP contribution in [0.2, 0.25) is 0 Å². The minimum Gasteiger partial charge on any atom is -0.198 e. The molecule has 1 aliphatic rings. The van der Waals surface area contributed by atoms with Crippen LogP contribution in [0.15, 0.2) is 0 Å². The van der Waals surface area contributed by atoms with Crippen LogP contribution in [0.3, 0.4) is 0 Å². The third-order valence-corrected chi connectivity index (χ3v) is 2.66. The highest BCUT2D eigenvalue weighted by Crippen LogP contribution is 2.31. The van der Waals surface area contributed by atoms with Gasteiger partial charge in [-0.1, -0.05) is 32.6 Å². The van der Waals surface area contributed by atoms with Crippen LogP contribution in [-0.4, -0.2) is 0 Å². The monoisotopic (exact) mass is 151 g/mol. The lowest BCUT2D eigenvalue weighted by Crippen LogP contribution is -2.13. The first kappa shape index (κ1) is 8.59. The molecule has 0 radical (unpaired) electrons. The highest BCUT2D eigenvalue weighted by atomic mass is 14.3. The molecule has 0 saturated heterocycles. The summed E-state index contributed by atoms with van der Waals surface area (Å²) in [6.45, 7) is 2.23. The molecule has 1 rings (SSSR count). The summed E-state index contributed by atoms with van der Waals surface area (Å²) in [4.78, 5) is 0. The van der Waals surface area contributed by atoms with Crippen molar-refractivity contribution in [2.75, 3.05) is 0 Å². The average molecular weight is 151 g/mol. The van der Waals surface area contributed by atoms with Gasteiger partial charge in [0.05, 0.1) is 6.07 Å². The Morgan fingerprint density at radius 3 is 2.91 bits per heavy atom. The van der Waals surface area contributed by atoms with Crippen molar-refractivity contribution in [2.24, 2.45) is 11.8 Å². The maximum absolute atomic E-state index is 8.73. The Kier molecular flexibility index (Phi) is 3.42. The highest BCUT2D eigenvalue weighted by molar-refractivity contribution is 4.87. The third-order valence-electron chi connectivity index (χ3n) is 2.66. The second kappa shape index (κ2) is 4.38. The number of nitrogens with zero attached hydrogens (tertiary/aromatic N) is 1. The van der Waals surface area contributed by atoms with Gasteiger partial charge < -0.3 is 0 Å². The zero-order valence-corrected chi connectivity index (χ0v) is 7.34. The lowest BCUT2D eigenvalue weighted by molar-refractivity contribution is 0.293. The zero-order valence-electron chi connectivity index (χ0n) is 7.34. The van der Waals surface area contributed by atoms with E-state index >= 15 is 0 Å². The minimum absolute atomic E-state index is 0.375. The van der Waals surface area contributed by atoms with Crippen molar-refractivity contribution in [1.82, 2.24) is 0 Å². The van der Waals surface area contributed by atoms with Crippen LogP contribution >= 0.6 is 0 Å². The number of nitriles is 1. The van der Waals surface area contributed by atoms with Crippen molar-refractivity contribution in [2.45, 2.75) is 45.4 Å². The molecular formula is C10H17N. The van der Waals surface area contributed by atoms with Gasteiger partial charge >= 0.3 is 0 Å². The summed E-state index contributed by atoms with van der Waals surface area (Å²) in [5.41, 5.74) is 0. The predicted molar refractivity (Wildman–Crippen MR) is 46.0 cm³/mol. The van der Waals surface area contributed by atoms with Gasteiger partial charge in [0, 0.05) is 5.92 Å². The normalized spacial score (nSPS) is 31.3. The largest absolute Gasteiger partial charge is 0.198 e. The van der Waals surface area contributed by atoms with Gasteiger partial charge in [-0.3, -0.25) is 0 Å². The van der Waals surface area contributed by atoms with E-state index in [9.17, 15) is 0 Å². The standard InChI is InChI=1S/C10H17N/c1-2-4-9-5-3-6-10(7-9)8-11/h9-10H,2-7H2,1H3/t9?,10-/m1/s1. The first-order chi connectivity index (χ1) is 5.36. The lowest BCUT2D eigenvalue weighted by Gasteiger charge is -2.24. The highest BCUT2D eigenvalue weighted by Gasteiger charge is 2.20. The third kappa shape index (κ3) is 2.54. The Balaban J connectivity index is 2.29. The molecule has 0 N–H and O–H groups in total. The first-order valence-electron chi connectivity index (χ1n) is 4.76. The summed E-state index contributed by atoms with van der Waals surface area (Å²) >= 11 is 0. The summed E-state index contributed by atoms with van der Waals surface area (Å²) in [6, 6.07) is 2.39. The molecule has 1 nitrogen and oxygen atoms in total. The molecule has 1 heteroatoms. The van der Waals surface area contributed by atoms with Crippen LogP contribution in [-0.2, 0) is 0 Å². The molecule has 0 amide bonds. The van der Waals surface area contributed by atoms with Crippen LogP contribution < -0.4 is 0 Å². The Bertz CT molecular complexity index is 143. The van der Waals surface area contributed by atoms with Crippen molar-refractivity contribution in [3.05, 3.63) is 0 Å². The molecule has 1 unspecified atom stereocenters. The molecule has 0 aromatic rings. The molecule has 0 spiro atoms. The van der Waals surface area contributed by atoms with Gasteiger partial charge in [0.2, 0.25) is 0 Å². The van der Waals surface area contributed by atoms with Crippen molar-refractivity contribution < 1.29 is 0 Å².